The van der Waals surface area contributed by atoms with Crippen molar-refractivity contribution in [2.75, 3.05) is 45.2 Å². The van der Waals surface area contributed by atoms with Crippen molar-refractivity contribution in [1.82, 2.24) is 4.72 Å². The molecule has 0 heterocycles. The monoisotopic (exact) mass is 374 g/mol. The molecule has 0 unspecified atom stereocenters. The number of hydrogen-bond acceptors (Lipinski definition) is 5. The molecule has 132 valence electrons. The van der Waals surface area contributed by atoms with Crippen LogP contribution < -0.4 is 10.5 Å². The van der Waals surface area contributed by atoms with E-state index < -0.39 is 33.9 Å². The van der Waals surface area contributed by atoms with Gasteiger partial charge in [-0.2, -0.15) is 0 Å². The van der Waals surface area contributed by atoms with Crippen molar-refractivity contribution >= 4 is 29.7 Å². The predicted octanol–water partition coefficient (Wildman–Crippen LogP) is 3.09. The topological polar surface area (TPSA) is 58.3 Å². The molecule has 0 aliphatic carbocycles. The minimum atomic E-state index is -1.59. The van der Waals surface area contributed by atoms with Gasteiger partial charge in [0.05, 0.1) is 33.7 Å². The van der Waals surface area contributed by atoms with Gasteiger partial charge in [0.15, 0.2) is 23.3 Å². The van der Waals surface area contributed by atoms with Gasteiger partial charge < -0.3 is 14.8 Å². The van der Waals surface area contributed by atoms with Crippen molar-refractivity contribution in [1.29, 1.82) is 0 Å². The molecule has 0 atom stereocenters. The quantitative estimate of drug-likeness (QED) is 0.118. The fourth-order valence-corrected chi connectivity index (χ4v) is 2.81. The lowest BCUT2D eigenvalue weighted by molar-refractivity contribution is -0.889. The van der Waals surface area contributed by atoms with Gasteiger partial charge in [-0.1, -0.05) is 0 Å². The summed E-state index contributed by atoms with van der Waals surface area (Å²) in [4.78, 5) is -0.781. The normalized spacial score (nSPS) is 12.0. The zero-order chi connectivity index (χ0) is 17.6. The second kappa shape index (κ2) is 8.97. The maximum Gasteiger partial charge on any atom is 0.186 e. The van der Waals surface area contributed by atoms with E-state index in [0.717, 1.165) is 25.0 Å². The van der Waals surface area contributed by atoms with E-state index in [9.17, 15) is 17.6 Å². The Morgan fingerprint density at radius 2 is 1.61 bits per heavy atom. The van der Waals surface area contributed by atoms with Gasteiger partial charge in [0.1, 0.15) is 10.6 Å². The number of likely N-dealkylation sites (N-methyl/N-ethyl adjacent to an activating group) is 1. The van der Waals surface area contributed by atoms with Gasteiger partial charge in [-0.25, -0.2) is 17.6 Å². The highest BCUT2D eigenvalue weighted by molar-refractivity contribution is 7.97. The Balaban J connectivity index is 2.57. The molecule has 0 bridgehead atoms. The molecule has 0 spiro atoms. The van der Waals surface area contributed by atoms with Crippen LogP contribution in [0, 0.1) is 23.3 Å². The summed E-state index contributed by atoms with van der Waals surface area (Å²) in [7, 11) is 3.94. The average Bonchev–Trinajstić information content (AvgIpc) is 2.50. The number of benzene rings is 1. The molecular weight excluding hydrogens is 354 g/mol. The molecule has 0 fully saturated rings. The third kappa shape index (κ3) is 5.71. The fraction of sp³-hybridized carbons (Fsp3) is 0.538. The van der Waals surface area contributed by atoms with Crippen molar-refractivity contribution in [2.24, 2.45) is 0 Å². The SMILES string of the molecule is C[N+](C)(CCCSO)CCNSc1c(F)c(F)c(N)c(F)c1F. The Kier molecular flexibility index (Phi) is 7.95. The number of nitrogens with one attached hydrogen (secondary N) is 1. The maximum atomic E-state index is 13.6. The van der Waals surface area contributed by atoms with E-state index in [4.69, 9.17) is 10.3 Å². The van der Waals surface area contributed by atoms with E-state index in [1.165, 1.54) is 0 Å². The first-order valence-corrected chi connectivity index (χ1v) is 8.56. The Bertz CT molecular complexity index is 517. The van der Waals surface area contributed by atoms with Crippen molar-refractivity contribution in [3.63, 3.8) is 0 Å². The number of hydrogen-bond donors (Lipinski definition) is 3. The van der Waals surface area contributed by atoms with Crippen molar-refractivity contribution in [3.8, 4) is 0 Å². The molecular formula is C13H20F4N3OS2+. The molecule has 10 heteroatoms. The molecule has 4 nitrogen and oxygen atoms in total. The molecule has 4 N–H and O–H groups in total. The Hall–Kier alpha value is -0.680. The Morgan fingerprint density at radius 1 is 1.04 bits per heavy atom. The lowest BCUT2D eigenvalue weighted by Crippen LogP contribution is -2.44. The van der Waals surface area contributed by atoms with Gasteiger partial charge in [0.25, 0.3) is 0 Å². The number of anilines is 1. The molecule has 0 saturated carbocycles. The van der Waals surface area contributed by atoms with Crippen LogP contribution in [-0.4, -0.2) is 48.5 Å². The highest BCUT2D eigenvalue weighted by Crippen LogP contribution is 2.31. The summed E-state index contributed by atoms with van der Waals surface area (Å²) in [5.41, 5.74) is 3.78. The third-order valence-electron chi connectivity index (χ3n) is 3.25. The van der Waals surface area contributed by atoms with Crippen molar-refractivity contribution < 1.29 is 26.6 Å². The number of nitrogens with zero attached hydrogens (tertiary/aromatic N) is 1. The standard InChI is InChI=1S/C13H19F4N3OS2/c1-20(2,5-3-7-22-21)6-4-19-23-13-10(16)8(14)12(18)9(15)11(13)17/h19H,3-7,18H2,1-2H3/p+1. The van der Waals surface area contributed by atoms with Crippen LogP contribution >= 0.6 is 24.0 Å². The van der Waals surface area contributed by atoms with E-state index in [1.54, 1.807) is 0 Å². The molecule has 0 amide bonds. The lowest BCUT2D eigenvalue weighted by Gasteiger charge is -2.29. The first-order valence-electron chi connectivity index (χ1n) is 6.80. The van der Waals surface area contributed by atoms with Gasteiger partial charge in [-0.05, 0) is 24.0 Å². The number of halogens is 4. The largest absolute Gasteiger partial charge is 0.394 e. The van der Waals surface area contributed by atoms with Crippen molar-refractivity contribution in [3.05, 3.63) is 23.3 Å². The first-order chi connectivity index (χ1) is 10.7. The minimum Gasteiger partial charge on any atom is -0.394 e. The summed E-state index contributed by atoms with van der Waals surface area (Å²) in [6, 6.07) is 0. The number of rotatable bonds is 9. The zero-order valence-electron chi connectivity index (χ0n) is 12.8. The Labute approximate surface area is 141 Å². The second-order valence-electron chi connectivity index (χ2n) is 5.56. The molecule has 0 aliphatic rings. The van der Waals surface area contributed by atoms with Crippen molar-refractivity contribution in [2.45, 2.75) is 11.3 Å². The first kappa shape index (κ1) is 20.4. The summed E-state index contributed by atoms with van der Waals surface area (Å²) in [6.07, 6.45) is 0.818. The van der Waals surface area contributed by atoms with Crippen LogP contribution in [0.2, 0.25) is 0 Å². The minimum absolute atomic E-state index is 0.371. The van der Waals surface area contributed by atoms with Crippen LogP contribution in [0.15, 0.2) is 4.90 Å². The number of nitrogens with two attached hydrogens (primary N) is 1. The lowest BCUT2D eigenvalue weighted by atomic mass is 10.2. The molecule has 1 aromatic carbocycles. The van der Waals surface area contributed by atoms with E-state index in [2.05, 4.69) is 4.72 Å². The molecule has 23 heavy (non-hydrogen) atoms. The molecule has 0 aliphatic heterocycles. The Morgan fingerprint density at radius 3 is 2.13 bits per heavy atom. The highest BCUT2D eigenvalue weighted by atomic mass is 32.2. The van der Waals surface area contributed by atoms with Crippen LogP contribution in [0.1, 0.15) is 6.42 Å². The second-order valence-corrected chi connectivity index (χ2v) is 7.13. The van der Waals surface area contributed by atoms with E-state index in [1.807, 2.05) is 14.1 Å². The van der Waals surface area contributed by atoms with Crippen LogP contribution in [0.4, 0.5) is 23.2 Å². The van der Waals surface area contributed by atoms with Gasteiger partial charge in [-0.15, -0.1) is 0 Å². The molecule has 0 radical (unpaired) electrons. The van der Waals surface area contributed by atoms with Gasteiger partial charge in [-0.3, -0.25) is 4.72 Å². The maximum absolute atomic E-state index is 13.6. The summed E-state index contributed by atoms with van der Waals surface area (Å²) in [5.74, 6) is -5.57. The van der Waals surface area contributed by atoms with Crippen LogP contribution in [0.3, 0.4) is 0 Å². The average molecular weight is 374 g/mol. The van der Waals surface area contributed by atoms with Crippen LogP contribution in [0.5, 0.6) is 0 Å². The molecule has 0 aromatic heterocycles. The smallest absolute Gasteiger partial charge is 0.186 e. The summed E-state index contributed by atoms with van der Waals surface area (Å²) in [6.45, 7) is 1.82. The van der Waals surface area contributed by atoms with E-state index >= 15 is 0 Å². The summed E-state index contributed by atoms with van der Waals surface area (Å²) >= 11 is 1.27. The van der Waals surface area contributed by atoms with Crippen LogP contribution in [0.25, 0.3) is 0 Å². The van der Waals surface area contributed by atoms with Gasteiger partial charge in [0.2, 0.25) is 0 Å². The van der Waals surface area contributed by atoms with E-state index in [-0.39, 0.29) is 0 Å². The fourth-order valence-electron chi connectivity index (χ4n) is 1.86. The van der Waals surface area contributed by atoms with Gasteiger partial charge in [0, 0.05) is 12.2 Å². The van der Waals surface area contributed by atoms with E-state index in [0.29, 0.717) is 35.3 Å². The number of quaternary nitrogens is 1. The molecule has 1 rings (SSSR count). The predicted molar refractivity (Wildman–Crippen MR) is 86.1 cm³/mol. The summed E-state index contributed by atoms with van der Waals surface area (Å²) < 4.78 is 65.9. The third-order valence-corrected chi connectivity index (χ3v) is 4.63. The van der Waals surface area contributed by atoms with Crippen LogP contribution in [-0.2, 0) is 0 Å². The zero-order valence-corrected chi connectivity index (χ0v) is 14.5. The molecule has 0 saturated heterocycles. The molecule has 1 aromatic rings. The highest BCUT2D eigenvalue weighted by Gasteiger charge is 2.24. The summed E-state index contributed by atoms with van der Waals surface area (Å²) in [5, 5.41) is 0. The van der Waals surface area contributed by atoms with Gasteiger partial charge >= 0.3 is 0 Å². The number of nitrogen functional groups attached to an aromatic ring is 1.